The Balaban J connectivity index is 2.25. The van der Waals surface area contributed by atoms with Gasteiger partial charge in [-0.15, -0.1) is 0 Å². The lowest BCUT2D eigenvalue weighted by Gasteiger charge is -2.32. The zero-order valence-electron chi connectivity index (χ0n) is 10.7. The first-order chi connectivity index (χ1) is 7.51. The van der Waals surface area contributed by atoms with E-state index in [1.54, 1.807) is 5.19 Å². The summed E-state index contributed by atoms with van der Waals surface area (Å²) >= 11 is 0. The molecule has 0 amide bonds. The Morgan fingerprint density at radius 3 is 2.25 bits per heavy atom. The molecule has 1 saturated heterocycles. The average molecular weight is 234 g/mol. The van der Waals surface area contributed by atoms with Crippen LogP contribution < -0.4 is 5.19 Å². The molecule has 0 aromatic heterocycles. The standard InChI is InChI=1S/C14H22OSi/c1-11-10-14(12(2)15-11)16(3,4)13-8-6-5-7-9-13/h5-9,11-12,14H,10H2,1-4H3/t11-,12-,14+/m1/s1. The highest BCUT2D eigenvalue weighted by atomic mass is 28.3. The van der Waals surface area contributed by atoms with Crippen molar-refractivity contribution in [1.82, 2.24) is 0 Å². The Labute approximate surface area is 99.8 Å². The molecule has 0 bridgehead atoms. The Bertz CT molecular complexity index is 347. The van der Waals surface area contributed by atoms with Crippen LogP contribution in [0.5, 0.6) is 0 Å². The highest BCUT2D eigenvalue weighted by Crippen LogP contribution is 2.38. The van der Waals surface area contributed by atoms with Gasteiger partial charge in [0.1, 0.15) is 0 Å². The molecule has 1 heterocycles. The highest BCUT2D eigenvalue weighted by molar-refractivity contribution is 6.91. The van der Waals surface area contributed by atoms with Crippen LogP contribution in [0.15, 0.2) is 30.3 Å². The van der Waals surface area contributed by atoms with Crippen molar-refractivity contribution in [2.75, 3.05) is 0 Å². The highest BCUT2D eigenvalue weighted by Gasteiger charge is 2.42. The molecule has 1 aromatic carbocycles. The zero-order valence-corrected chi connectivity index (χ0v) is 11.7. The Kier molecular flexibility index (Phi) is 3.22. The van der Waals surface area contributed by atoms with E-state index in [1.807, 2.05) is 0 Å². The monoisotopic (exact) mass is 234 g/mol. The molecule has 16 heavy (non-hydrogen) atoms. The van der Waals surface area contributed by atoms with Crippen LogP contribution in [0.25, 0.3) is 0 Å². The van der Waals surface area contributed by atoms with E-state index in [-0.39, 0.29) is 0 Å². The molecule has 0 radical (unpaired) electrons. The minimum Gasteiger partial charge on any atom is -0.376 e. The largest absolute Gasteiger partial charge is 0.376 e. The van der Waals surface area contributed by atoms with Crippen LogP contribution in [0.1, 0.15) is 20.3 Å². The summed E-state index contributed by atoms with van der Waals surface area (Å²) in [6, 6.07) is 11.0. The van der Waals surface area contributed by atoms with Crippen LogP contribution in [0.3, 0.4) is 0 Å². The van der Waals surface area contributed by atoms with Crippen LogP contribution >= 0.6 is 0 Å². The van der Waals surface area contributed by atoms with Gasteiger partial charge in [-0.25, -0.2) is 0 Å². The van der Waals surface area contributed by atoms with Gasteiger partial charge in [0.05, 0.1) is 20.3 Å². The lowest BCUT2D eigenvalue weighted by molar-refractivity contribution is 0.0669. The third-order valence-electron chi connectivity index (χ3n) is 4.04. The number of rotatable bonds is 2. The van der Waals surface area contributed by atoms with E-state index in [4.69, 9.17) is 4.74 Å². The molecule has 3 atom stereocenters. The molecule has 0 saturated carbocycles. The molecule has 2 heteroatoms. The maximum atomic E-state index is 5.92. The van der Waals surface area contributed by atoms with Crippen molar-refractivity contribution in [2.24, 2.45) is 0 Å². The summed E-state index contributed by atoms with van der Waals surface area (Å²) in [5, 5.41) is 1.56. The van der Waals surface area contributed by atoms with Crippen LogP contribution in [0.2, 0.25) is 18.6 Å². The molecule has 0 aliphatic carbocycles. The van der Waals surface area contributed by atoms with Gasteiger partial charge in [-0.2, -0.15) is 0 Å². The SMILES string of the molecule is C[C@@H]1C[C@H]([Si](C)(C)c2ccccc2)[C@@H](C)O1. The van der Waals surface area contributed by atoms with Crippen LogP contribution in [-0.4, -0.2) is 20.3 Å². The number of benzene rings is 1. The van der Waals surface area contributed by atoms with Gasteiger partial charge in [0.15, 0.2) is 0 Å². The zero-order chi connectivity index (χ0) is 11.8. The lowest BCUT2D eigenvalue weighted by Crippen LogP contribution is -2.48. The Morgan fingerprint density at radius 2 is 1.75 bits per heavy atom. The molecular weight excluding hydrogens is 212 g/mol. The summed E-state index contributed by atoms with van der Waals surface area (Å²) in [6.07, 6.45) is 2.10. The van der Waals surface area contributed by atoms with Gasteiger partial charge in [0.2, 0.25) is 0 Å². The third-order valence-corrected chi connectivity index (χ3v) is 8.42. The summed E-state index contributed by atoms with van der Waals surface area (Å²) in [5.74, 6) is 0. The summed E-state index contributed by atoms with van der Waals surface area (Å²) in [6.45, 7) is 9.40. The van der Waals surface area contributed by atoms with Gasteiger partial charge >= 0.3 is 0 Å². The van der Waals surface area contributed by atoms with E-state index in [9.17, 15) is 0 Å². The van der Waals surface area contributed by atoms with Crippen molar-refractivity contribution in [3.8, 4) is 0 Å². The molecule has 1 nitrogen and oxygen atoms in total. The Hall–Kier alpha value is -0.603. The molecule has 2 rings (SSSR count). The molecule has 0 unspecified atom stereocenters. The number of ether oxygens (including phenoxy) is 1. The van der Waals surface area contributed by atoms with Crippen LogP contribution in [0.4, 0.5) is 0 Å². The van der Waals surface area contributed by atoms with Gasteiger partial charge in [-0.3, -0.25) is 0 Å². The predicted octanol–water partition coefficient (Wildman–Crippen LogP) is 3.17. The summed E-state index contributed by atoms with van der Waals surface area (Å²) in [5.41, 5.74) is 0.755. The van der Waals surface area contributed by atoms with Gasteiger partial charge in [0, 0.05) is 0 Å². The van der Waals surface area contributed by atoms with Gasteiger partial charge in [0.25, 0.3) is 0 Å². The maximum absolute atomic E-state index is 5.92. The first kappa shape index (κ1) is 11.9. The first-order valence-corrected chi connectivity index (χ1v) is 9.30. The van der Waals surface area contributed by atoms with Crippen molar-refractivity contribution in [3.63, 3.8) is 0 Å². The fraction of sp³-hybridized carbons (Fsp3) is 0.571. The molecule has 1 aliphatic rings. The van der Waals surface area contributed by atoms with Crippen molar-refractivity contribution in [3.05, 3.63) is 30.3 Å². The summed E-state index contributed by atoms with van der Waals surface area (Å²) < 4.78 is 5.92. The van der Waals surface area contributed by atoms with E-state index in [1.165, 1.54) is 6.42 Å². The van der Waals surface area contributed by atoms with Crippen molar-refractivity contribution in [1.29, 1.82) is 0 Å². The fourth-order valence-corrected chi connectivity index (χ4v) is 6.68. The Morgan fingerprint density at radius 1 is 1.12 bits per heavy atom. The number of hydrogen-bond acceptors (Lipinski definition) is 1. The summed E-state index contributed by atoms with van der Waals surface area (Å²) in [7, 11) is -1.38. The molecule has 1 aromatic rings. The van der Waals surface area contributed by atoms with Crippen LogP contribution in [-0.2, 0) is 4.74 Å². The predicted molar refractivity (Wildman–Crippen MR) is 71.9 cm³/mol. The molecule has 0 N–H and O–H groups in total. The summed E-state index contributed by atoms with van der Waals surface area (Å²) in [4.78, 5) is 0. The second-order valence-electron chi connectivity index (χ2n) is 5.58. The average Bonchev–Trinajstić information content (AvgIpc) is 2.60. The maximum Gasteiger partial charge on any atom is 0.0863 e. The van der Waals surface area contributed by atoms with E-state index < -0.39 is 8.07 Å². The normalized spacial score (nSPS) is 30.6. The second-order valence-corrected chi connectivity index (χ2v) is 10.3. The quantitative estimate of drug-likeness (QED) is 0.714. The molecule has 88 valence electrons. The molecule has 1 fully saturated rings. The van der Waals surface area contributed by atoms with E-state index in [0.717, 1.165) is 5.54 Å². The fourth-order valence-electron chi connectivity index (χ4n) is 3.03. The molecular formula is C14H22OSi. The van der Waals surface area contributed by atoms with Crippen molar-refractivity contribution < 1.29 is 4.74 Å². The van der Waals surface area contributed by atoms with Gasteiger partial charge < -0.3 is 4.74 Å². The van der Waals surface area contributed by atoms with Crippen LogP contribution in [0, 0.1) is 0 Å². The van der Waals surface area contributed by atoms with Crippen molar-refractivity contribution in [2.45, 2.75) is 51.1 Å². The second kappa shape index (κ2) is 4.34. The first-order valence-electron chi connectivity index (χ1n) is 6.23. The van der Waals surface area contributed by atoms with E-state index in [0.29, 0.717) is 12.2 Å². The minimum absolute atomic E-state index is 0.428. The van der Waals surface area contributed by atoms with Gasteiger partial charge in [-0.1, -0.05) is 48.6 Å². The minimum atomic E-state index is -1.38. The van der Waals surface area contributed by atoms with E-state index >= 15 is 0 Å². The number of hydrogen-bond donors (Lipinski definition) is 0. The lowest BCUT2D eigenvalue weighted by atomic mass is 10.2. The van der Waals surface area contributed by atoms with Gasteiger partial charge in [-0.05, 0) is 25.8 Å². The van der Waals surface area contributed by atoms with E-state index in [2.05, 4.69) is 57.3 Å². The molecule has 1 aliphatic heterocycles. The smallest absolute Gasteiger partial charge is 0.0863 e. The topological polar surface area (TPSA) is 9.23 Å². The third kappa shape index (κ3) is 2.09. The molecule has 0 spiro atoms. The van der Waals surface area contributed by atoms with Crippen molar-refractivity contribution >= 4 is 13.3 Å².